The summed E-state index contributed by atoms with van der Waals surface area (Å²) in [6, 6.07) is -0.414. The van der Waals surface area contributed by atoms with Crippen molar-refractivity contribution in [2.24, 2.45) is 5.92 Å². The Morgan fingerprint density at radius 2 is 2.38 bits per heavy atom. The Morgan fingerprint density at radius 3 is 2.95 bits per heavy atom. The van der Waals surface area contributed by atoms with Gasteiger partial charge in [-0.2, -0.15) is 5.10 Å². The summed E-state index contributed by atoms with van der Waals surface area (Å²) in [6.07, 6.45) is 4.10. The van der Waals surface area contributed by atoms with Crippen LogP contribution in [0.15, 0.2) is 6.33 Å². The van der Waals surface area contributed by atoms with Crippen LogP contribution in [0.2, 0.25) is 0 Å². The van der Waals surface area contributed by atoms with Crippen molar-refractivity contribution in [3.63, 3.8) is 0 Å². The van der Waals surface area contributed by atoms with Crippen molar-refractivity contribution in [1.29, 1.82) is 0 Å². The van der Waals surface area contributed by atoms with Gasteiger partial charge in [-0.3, -0.25) is 5.10 Å². The number of rotatable bonds is 4. The molecule has 0 bridgehead atoms. The van der Waals surface area contributed by atoms with Gasteiger partial charge in [0.2, 0.25) is 0 Å². The number of nitrogens with zero attached hydrogens (tertiary/aromatic N) is 3. The van der Waals surface area contributed by atoms with Crippen molar-refractivity contribution in [3.8, 4) is 0 Å². The Bertz CT molecular complexity index is 504. The Balaban J connectivity index is 2.02. The number of aromatic amines is 1. The molecular weight excluding hydrogens is 274 g/mol. The summed E-state index contributed by atoms with van der Waals surface area (Å²) < 4.78 is 0. The van der Waals surface area contributed by atoms with Gasteiger partial charge in [0.25, 0.3) is 0 Å². The average Bonchev–Trinajstić information content (AvgIpc) is 2.91. The van der Waals surface area contributed by atoms with E-state index in [-0.39, 0.29) is 12.5 Å². The summed E-state index contributed by atoms with van der Waals surface area (Å²) in [5.74, 6) is -0.126. The lowest BCUT2D eigenvalue weighted by atomic mass is 9.76. The Morgan fingerprint density at radius 1 is 1.62 bits per heavy atom. The predicted molar refractivity (Wildman–Crippen MR) is 74.4 cm³/mol. The summed E-state index contributed by atoms with van der Waals surface area (Å²) in [4.78, 5) is 29.2. The van der Waals surface area contributed by atoms with Gasteiger partial charge in [0, 0.05) is 7.05 Å². The maximum absolute atomic E-state index is 12.2. The highest BCUT2D eigenvalue weighted by Gasteiger charge is 2.43. The van der Waals surface area contributed by atoms with Crippen molar-refractivity contribution in [2.45, 2.75) is 44.7 Å². The summed E-state index contributed by atoms with van der Waals surface area (Å²) >= 11 is 0. The van der Waals surface area contributed by atoms with Gasteiger partial charge in [0.1, 0.15) is 17.7 Å². The first kappa shape index (κ1) is 15.3. The number of hydrogen-bond acceptors (Lipinski definition) is 4. The van der Waals surface area contributed by atoms with Crippen molar-refractivity contribution in [3.05, 3.63) is 12.2 Å². The second kappa shape index (κ2) is 6.11. The molecule has 2 amide bonds. The molecule has 21 heavy (non-hydrogen) atoms. The molecule has 2 atom stereocenters. The van der Waals surface area contributed by atoms with Gasteiger partial charge < -0.3 is 15.3 Å². The van der Waals surface area contributed by atoms with Gasteiger partial charge in [-0.25, -0.2) is 14.6 Å². The molecule has 1 aromatic rings. The number of aliphatic carboxylic acids is 1. The van der Waals surface area contributed by atoms with Crippen LogP contribution in [0.4, 0.5) is 4.79 Å². The standard InChI is InChI=1S/C13H21N5O3/c1-9-4-3-5-13(6-9,11(19)20)16-12(21)18(2)7-10-14-8-15-17-10/h8-9H,3-7H2,1-2H3,(H,16,21)(H,19,20)(H,14,15,17). The molecule has 1 aliphatic rings. The van der Waals surface area contributed by atoms with E-state index in [1.54, 1.807) is 7.05 Å². The molecule has 0 aliphatic heterocycles. The molecule has 0 radical (unpaired) electrons. The molecule has 1 saturated carbocycles. The van der Waals surface area contributed by atoms with Crippen molar-refractivity contribution < 1.29 is 14.7 Å². The number of urea groups is 1. The van der Waals surface area contributed by atoms with E-state index < -0.39 is 17.5 Å². The molecule has 0 saturated heterocycles. The van der Waals surface area contributed by atoms with Crippen LogP contribution in [0.25, 0.3) is 0 Å². The molecular formula is C13H21N5O3. The average molecular weight is 295 g/mol. The van der Waals surface area contributed by atoms with Gasteiger partial charge in [-0.1, -0.05) is 19.8 Å². The number of aromatic nitrogens is 3. The third-order valence-electron chi connectivity index (χ3n) is 3.95. The molecule has 8 nitrogen and oxygen atoms in total. The van der Waals surface area contributed by atoms with E-state index >= 15 is 0 Å². The van der Waals surface area contributed by atoms with Crippen LogP contribution in [0.3, 0.4) is 0 Å². The first-order chi connectivity index (χ1) is 9.93. The highest BCUT2D eigenvalue weighted by atomic mass is 16.4. The molecule has 0 aromatic carbocycles. The van der Waals surface area contributed by atoms with E-state index in [4.69, 9.17) is 0 Å². The van der Waals surface area contributed by atoms with Crippen LogP contribution in [0.1, 0.15) is 38.4 Å². The van der Waals surface area contributed by atoms with E-state index in [0.29, 0.717) is 18.7 Å². The van der Waals surface area contributed by atoms with Crippen LogP contribution in [0.5, 0.6) is 0 Å². The predicted octanol–water partition coefficient (Wildman–Crippen LogP) is 0.980. The van der Waals surface area contributed by atoms with E-state index in [9.17, 15) is 14.7 Å². The molecule has 8 heteroatoms. The third kappa shape index (κ3) is 3.50. The van der Waals surface area contributed by atoms with Gasteiger partial charge in [0.05, 0.1) is 6.54 Å². The maximum Gasteiger partial charge on any atom is 0.329 e. The number of carbonyl (C=O) groups is 2. The van der Waals surface area contributed by atoms with Crippen LogP contribution in [-0.2, 0) is 11.3 Å². The van der Waals surface area contributed by atoms with Crippen molar-refractivity contribution in [2.75, 3.05) is 7.05 Å². The fraction of sp³-hybridized carbons (Fsp3) is 0.692. The zero-order valence-corrected chi connectivity index (χ0v) is 12.3. The monoisotopic (exact) mass is 295 g/mol. The zero-order valence-electron chi connectivity index (χ0n) is 12.3. The highest BCUT2D eigenvalue weighted by molar-refractivity contribution is 5.86. The quantitative estimate of drug-likeness (QED) is 0.766. The van der Waals surface area contributed by atoms with Crippen LogP contribution in [0, 0.1) is 5.92 Å². The molecule has 1 aromatic heterocycles. The summed E-state index contributed by atoms with van der Waals surface area (Å²) in [5, 5.41) is 18.6. The van der Waals surface area contributed by atoms with E-state index in [2.05, 4.69) is 20.5 Å². The molecule has 116 valence electrons. The number of carboxylic acids is 1. The van der Waals surface area contributed by atoms with Gasteiger partial charge in [-0.15, -0.1) is 0 Å². The zero-order chi connectivity index (χ0) is 15.5. The number of nitrogens with one attached hydrogen (secondary N) is 2. The maximum atomic E-state index is 12.2. The number of hydrogen-bond donors (Lipinski definition) is 3. The molecule has 1 heterocycles. The molecule has 2 rings (SSSR count). The SMILES string of the molecule is CC1CCCC(NC(=O)N(C)Cc2ncn[nH]2)(C(=O)O)C1. The van der Waals surface area contributed by atoms with E-state index in [1.165, 1.54) is 11.2 Å². The van der Waals surface area contributed by atoms with Crippen LogP contribution >= 0.6 is 0 Å². The number of amides is 2. The number of carboxylic acid groups (broad SMARTS) is 1. The van der Waals surface area contributed by atoms with Crippen molar-refractivity contribution >= 4 is 12.0 Å². The van der Waals surface area contributed by atoms with E-state index in [1.807, 2.05) is 6.92 Å². The van der Waals surface area contributed by atoms with Crippen LogP contribution < -0.4 is 5.32 Å². The summed E-state index contributed by atoms with van der Waals surface area (Å²) in [5.41, 5.74) is -1.16. The Labute approximate surface area is 122 Å². The van der Waals surface area contributed by atoms with Gasteiger partial charge in [0.15, 0.2) is 0 Å². The van der Waals surface area contributed by atoms with Crippen molar-refractivity contribution in [1.82, 2.24) is 25.4 Å². The summed E-state index contributed by atoms with van der Waals surface area (Å²) in [6.45, 7) is 2.26. The Kier molecular flexibility index (Phi) is 4.44. The minimum absolute atomic E-state index is 0.247. The lowest BCUT2D eigenvalue weighted by Crippen LogP contribution is -2.59. The number of carbonyl (C=O) groups excluding carboxylic acids is 1. The lowest BCUT2D eigenvalue weighted by molar-refractivity contribution is -0.146. The topological polar surface area (TPSA) is 111 Å². The van der Waals surface area contributed by atoms with Gasteiger partial charge in [-0.05, 0) is 18.8 Å². The Hall–Kier alpha value is -2.12. The van der Waals surface area contributed by atoms with Gasteiger partial charge >= 0.3 is 12.0 Å². The minimum Gasteiger partial charge on any atom is -0.480 e. The first-order valence-corrected chi connectivity index (χ1v) is 7.04. The lowest BCUT2D eigenvalue weighted by Gasteiger charge is -2.38. The van der Waals surface area contributed by atoms with Crippen LogP contribution in [-0.4, -0.2) is 49.8 Å². The second-order valence-corrected chi connectivity index (χ2v) is 5.81. The highest BCUT2D eigenvalue weighted by Crippen LogP contribution is 2.32. The van der Waals surface area contributed by atoms with E-state index in [0.717, 1.165) is 12.8 Å². The molecule has 2 unspecified atom stereocenters. The molecule has 0 spiro atoms. The fourth-order valence-electron chi connectivity index (χ4n) is 2.82. The minimum atomic E-state index is -1.16. The first-order valence-electron chi connectivity index (χ1n) is 7.04. The summed E-state index contributed by atoms with van der Waals surface area (Å²) in [7, 11) is 1.60. The second-order valence-electron chi connectivity index (χ2n) is 5.81. The number of H-pyrrole nitrogens is 1. The molecule has 1 aliphatic carbocycles. The smallest absolute Gasteiger partial charge is 0.329 e. The third-order valence-corrected chi connectivity index (χ3v) is 3.95. The largest absolute Gasteiger partial charge is 0.480 e. The normalized spacial score (nSPS) is 25.3. The molecule has 1 fully saturated rings. The fourth-order valence-corrected chi connectivity index (χ4v) is 2.82. The molecule has 3 N–H and O–H groups in total.